The molecule has 1 aromatic heterocycles. The molecule has 5 nitrogen and oxygen atoms in total. The Morgan fingerprint density at radius 1 is 1.07 bits per heavy atom. The molecule has 1 aliphatic rings. The third-order valence-electron chi connectivity index (χ3n) is 4.63. The molecule has 2 heterocycles. The highest BCUT2D eigenvalue weighted by Crippen LogP contribution is 2.33. The first-order valence-electron chi connectivity index (χ1n) is 9.10. The second-order valence-corrected chi connectivity index (χ2v) is 8.15. The highest BCUT2D eigenvalue weighted by molar-refractivity contribution is 8.18. The number of halogens is 1. The summed E-state index contributed by atoms with van der Waals surface area (Å²) < 4.78 is 1.67. The zero-order valence-electron chi connectivity index (χ0n) is 16.2. The van der Waals surface area contributed by atoms with Gasteiger partial charge in [-0.15, -0.1) is 0 Å². The van der Waals surface area contributed by atoms with Crippen LogP contribution in [0, 0.1) is 20.8 Å². The highest BCUT2D eigenvalue weighted by atomic mass is 35.5. The lowest BCUT2D eigenvalue weighted by atomic mass is 10.1. The third-order valence-corrected chi connectivity index (χ3v) is 5.90. The molecule has 0 saturated carbocycles. The molecule has 4 rings (SSSR count). The minimum atomic E-state index is -0.192. The first-order valence-corrected chi connectivity index (χ1v) is 10.3. The van der Waals surface area contributed by atoms with E-state index in [2.05, 4.69) is 15.4 Å². The Morgan fingerprint density at radius 3 is 2.45 bits per heavy atom. The maximum atomic E-state index is 12.5. The molecule has 2 aromatic carbocycles. The van der Waals surface area contributed by atoms with Crippen LogP contribution in [-0.2, 0) is 4.79 Å². The number of amidine groups is 1. The molecule has 0 radical (unpaired) electrons. The number of thioether (sulfide) groups is 1. The van der Waals surface area contributed by atoms with Gasteiger partial charge in [-0.1, -0.05) is 48.0 Å². The molecule has 1 amide bonds. The van der Waals surface area contributed by atoms with Gasteiger partial charge in [-0.05, 0) is 61.9 Å². The van der Waals surface area contributed by atoms with E-state index in [9.17, 15) is 4.79 Å². The summed E-state index contributed by atoms with van der Waals surface area (Å²) in [7, 11) is 0. The molecule has 1 saturated heterocycles. The lowest BCUT2D eigenvalue weighted by Crippen LogP contribution is -2.19. The number of carbonyl (C=O) groups excluding carboxylic acids is 1. The van der Waals surface area contributed by atoms with Crippen LogP contribution in [0.25, 0.3) is 11.8 Å². The number of aromatic nitrogens is 2. The van der Waals surface area contributed by atoms with Crippen LogP contribution in [-0.4, -0.2) is 20.9 Å². The van der Waals surface area contributed by atoms with E-state index in [-0.39, 0.29) is 5.91 Å². The fourth-order valence-electron chi connectivity index (χ4n) is 3.11. The number of aliphatic imine (C=N–C) groups is 1. The molecule has 1 N–H and O–H groups in total. The van der Waals surface area contributed by atoms with Crippen molar-refractivity contribution in [1.29, 1.82) is 0 Å². The quantitative estimate of drug-likeness (QED) is 0.579. The second-order valence-electron chi connectivity index (χ2n) is 6.76. The summed E-state index contributed by atoms with van der Waals surface area (Å²) in [5.41, 5.74) is 5.34. The normalized spacial score (nSPS) is 16.6. The van der Waals surface area contributed by atoms with Crippen LogP contribution in [0.1, 0.15) is 22.4 Å². The lowest BCUT2D eigenvalue weighted by molar-refractivity contribution is -0.115. The van der Waals surface area contributed by atoms with Crippen molar-refractivity contribution < 1.29 is 4.79 Å². The molecular weight excluding hydrogens is 404 g/mol. The fraction of sp³-hybridized carbons (Fsp3) is 0.136. The van der Waals surface area contributed by atoms with Crippen LogP contribution in [0.3, 0.4) is 0 Å². The van der Waals surface area contributed by atoms with Crippen molar-refractivity contribution in [2.24, 2.45) is 4.99 Å². The number of carbonyl (C=O) groups is 1. The van der Waals surface area contributed by atoms with Crippen LogP contribution in [0.2, 0.25) is 5.15 Å². The molecule has 146 valence electrons. The Labute approximate surface area is 178 Å². The lowest BCUT2D eigenvalue weighted by Gasteiger charge is -2.04. The third kappa shape index (κ3) is 3.86. The van der Waals surface area contributed by atoms with Crippen molar-refractivity contribution in [3.8, 4) is 5.69 Å². The Kier molecular flexibility index (Phi) is 5.30. The van der Waals surface area contributed by atoms with Crippen molar-refractivity contribution >= 4 is 46.2 Å². The predicted molar refractivity (Wildman–Crippen MR) is 120 cm³/mol. The summed E-state index contributed by atoms with van der Waals surface area (Å²) in [6.07, 6.45) is 1.78. The molecular formula is C22H19ClN4OS. The van der Waals surface area contributed by atoms with E-state index in [4.69, 9.17) is 11.6 Å². The van der Waals surface area contributed by atoms with Gasteiger partial charge in [-0.3, -0.25) is 4.79 Å². The SMILES string of the molecule is Cc1cccc(C)c1N=C1NC(=O)/C(=C/c2c(C)nn(-c3ccccc3)c2Cl)S1. The average Bonchev–Trinajstić information content (AvgIpc) is 3.19. The first-order chi connectivity index (χ1) is 13.9. The van der Waals surface area contributed by atoms with Gasteiger partial charge in [-0.2, -0.15) is 5.10 Å². The van der Waals surface area contributed by atoms with Gasteiger partial charge in [0.15, 0.2) is 5.17 Å². The minimum absolute atomic E-state index is 0.192. The zero-order chi connectivity index (χ0) is 20.5. The van der Waals surface area contributed by atoms with Crippen LogP contribution < -0.4 is 5.32 Å². The number of amides is 1. The van der Waals surface area contributed by atoms with E-state index in [1.54, 1.807) is 10.8 Å². The summed E-state index contributed by atoms with van der Waals surface area (Å²) in [4.78, 5) is 17.7. The van der Waals surface area contributed by atoms with Crippen LogP contribution in [0.4, 0.5) is 5.69 Å². The summed E-state index contributed by atoms with van der Waals surface area (Å²) in [6.45, 7) is 5.89. The van der Waals surface area contributed by atoms with E-state index >= 15 is 0 Å². The number of hydrogen-bond acceptors (Lipinski definition) is 4. The number of nitrogens with zero attached hydrogens (tertiary/aromatic N) is 3. The van der Waals surface area contributed by atoms with E-state index in [0.29, 0.717) is 15.2 Å². The molecule has 0 spiro atoms. The van der Waals surface area contributed by atoms with Gasteiger partial charge >= 0.3 is 0 Å². The highest BCUT2D eigenvalue weighted by Gasteiger charge is 2.26. The molecule has 7 heteroatoms. The largest absolute Gasteiger partial charge is 0.300 e. The van der Waals surface area contributed by atoms with E-state index in [0.717, 1.165) is 33.8 Å². The van der Waals surface area contributed by atoms with Gasteiger partial charge in [0.05, 0.1) is 22.0 Å². The smallest absolute Gasteiger partial charge is 0.264 e. The molecule has 0 unspecified atom stereocenters. The predicted octanol–water partition coefficient (Wildman–Crippen LogP) is 5.34. The number of benzene rings is 2. The van der Waals surface area contributed by atoms with Crippen LogP contribution >= 0.6 is 23.4 Å². The average molecular weight is 423 g/mol. The van der Waals surface area contributed by atoms with E-state index < -0.39 is 0 Å². The van der Waals surface area contributed by atoms with Crippen molar-refractivity contribution in [1.82, 2.24) is 15.1 Å². The summed E-state index contributed by atoms with van der Waals surface area (Å²) in [6, 6.07) is 15.7. The molecule has 1 aliphatic heterocycles. The molecule has 29 heavy (non-hydrogen) atoms. The van der Waals surface area contributed by atoms with Crippen LogP contribution in [0.15, 0.2) is 58.4 Å². The Balaban J connectivity index is 1.67. The summed E-state index contributed by atoms with van der Waals surface area (Å²) in [5.74, 6) is -0.192. The van der Waals surface area contributed by atoms with Gasteiger partial charge in [0.1, 0.15) is 5.15 Å². The maximum absolute atomic E-state index is 12.5. The number of hydrogen-bond donors (Lipinski definition) is 1. The molecule has 0 aliphatic carbocycles. The van der Waals surface area contributed by atoms with Crippen molar-refractivity contribution in [3.05, 3.63) is 81.0 Å². The molecule has 1 fully saturated rings. The standard InChI is InChI=1S/C22H19ClN4OS/c1-13-8-7-9-14(2)19(13)24-22-25-21(28)18(29-22)12-17-15(3)26-27(20(17)23)16-10-5-4-6-11-16/h4-12H,1-3H3,(H,24,25,28)/b18-12-. The number of aryl methyl sites for hydroxylation is 3. The minimum Gasteiger partial charge on any atom is -0.300 e. The Bertz CT molecular complexity index is 1140. The van der Waals surface area contributed by atoms with Gasteiger partial charge < -0.3 is 5.32 Å². The number of para-hydroxylation sites is 2. The van der Waals surface area contributed by atoms with Gasteiger partial charge in [0.2, 0.25) is 0 Å². The monoisotopic (exact) mass is 422 g/mol. The Hall–Kier alpha value is -2.83. The number of rotatable bonds is 3. The summed E-state index contributed by atoms with van der Waals surface area (Å²) >= 11 is 7.89. The van der Waals surface area contributed by atoms with E-state index in [1.165, 1.54) is 11.8 Å². The van der Waals surface area contributed by atoms with Gasteiger partial charge in [-0.25, -0.2) is 9.67 Å². The fourth-order valence-corrected chi connectivity index (χ4v) is 4.25. The van der Waals surface area contributed by atoms with Gasteiger partial charge in [0, 0.05) is 5.56 Å². The van der Waals surface area contributed by atoms with Crippen molar-refractivity contribution in [2.75, 3.05) is 0 Å². The van der Waals surface area contributed by atoms with Crippen molar-refractivity contribution in [2.45, 2.75) is 20.8 Å². The van der Waals surface area contributed by atoms with E-state index in [1.807, 2.05) is 69.3 Å². The summed E-state index contributed by atoms with van der Waals surface area (Å²) in [5, 5.41) is 8.39. The molecule has 0 bridgehead atoms. The van der Waals surface area contributed by atoms with Crippen LogP contribution in [0.5, 0.6) is 0 Å². The van der Waals surface area contributed by atoms with Gasteiger partial charge in [0.25, 0.3) is 5.91 Å². The maximum Gasteiger partial charge on any atom is 0.264 e. The number of nitrogens with one attached hydrogen (secondary N) is 1. The zero-order valence-corrected chi connectivity index (χ0v) is 17.8. The second kappa shape index (κ2) is 7.89. The van der Waals surface area contributed by atoms with Crippen molar-refractivity contribution in [3.63, 3.8) is 0 Å². The molecule has 3 aromatic rings. The first kappa shape index (κ1) is 19.5. The topological polar surface area (TPSA) is 59.3 Å². The Morgan fingerprint density at radius 2 is 1.76 bits per heavy atom. The molecule has 0 atom stereocenters.